The summed E-state index contributed by atoms with van der Waals surface area (Å²) in [6.07, 6.45) is 8.87. The highest BCUT2D eigenvalue weighted by Gasteiger charge is 2.23. The van der Waals surface area contributed by atoms with Gasteiger partial charge in [-0.25, -0.2) is 0 Å². The van der Waals surface area contributed by atoms with E-state index in [0.717, 1.165) is 18.8 Å². The van der Waals surface area contributed by atoms with Crippen molar-refractivity contribution < 1.29 is 4.79 Å². The Morgan fingerprint density at radius 1 is 1.40 bits per heavy atom. The Balaban J connectivity index is 1.42. The van der Waals surface area contributed by atoms with E-state index in [-0.39, 0.29) is 5.91 Å². The summed E-state index contributed by atoms with van der Waals surface area (Å²) in [7, 11) is 0. The van der Waals surface area contributed by atoms with Crippen LogP contribution in [0.15, 0.2) is 24.5 Å². The number of rotatable bonds is 6. The van der Waals surface area contributed by atoms with Gasteiger partial charge in [0, 0.05) is 31.3 Å². The number of anilines is 1. The van der Waals surface area contributed by atoms with Crippen molar-refractivity contribution >= 4 is 11.9 Å². The third-order valence-electron chi connectivity index (χ3n) is 3.73. The van der Waals surface area contributed by atoms with Gasteiger partial charge < -0.3 is 4.57 Å². The molecule has 106 valence electrons. The lowest BCUT2D eigenvalue weighted by Gasteiger charge is -2.22. The third-order valence-corrected chi connectivity index (χ3v) is 3.73. The number of carbonyl (C=O) groups is 1. The fourth-order valence-corrected chi connectivity index (χ4v) is 2.32. The topological polar surface area (TPSA) is 75.6 Å². The number of aryl methyl sites for hydroxylation is 1. The zero-order chi connectivity index (χ0) is 13.8. The smallest absolute Gasteiger partial charge is 0.248 e. The molecular formula is C14H19N5O. The Morgan fingerprint density at radius 2 is 2.20 bits per heavy atom. The first-order valence-corrected chi connectivity index (χ1v) is 7.14. The monoisotopic (exact) mass is 273 g/mol. The summed E-state index contributed by atoms with van der Waals surface area (Å²) in [6.45, 7) is 0.849. The van der Waals surface area contributed by atoms with Crippen molar-refractivity contribution in [2.45, 2.75) is 44.6 Å². The minimum atomic E-state index is -0.0312. The van der Waals surface area contributed by atoms with Gasteiger partial charge in [-0.05, 0) is 31.4 Å². The van der Waals surface area contributed by atoms with Gasteiger partial charge in [-0.1, -0.05) is 6.42 Å². The molecule has 1 amide bonds. The number of H-pyrrole nitrogens is 1. The van der Waals surface area contributed by atoms with Crippen molar-refractivity contribution in [1.82, 2.24) is 19.7 Å². The van der Waals surface area contributed by atoms with Crippen molar-refractivity contribution in [2.24, 2.45) is 0 Å². The quantitative estimate of drug-likeness (QED) is 0.848. The number of amides is 1. The number of carbonyl (C=O) groups excluding carboxylic acids is 1. The van der Waals surface area contributed by atoms with Crippen LogP contribution in [-0.2, 0) is 11.3 Å². The zero-order valence-electron chi connectivity index (χ0n) is 11.4. The molecule has 0 saturated heterocycles. The molecule has 1 saturated carbocycles. The molecule has 0 bridgehead atoms. The van der Waals surface area contributed by atoms with Crippen LogP contribution in [0.25, 0.3) is 0 Å². The van der Waals surface area contributed by atoms with E-state index in [1.807, 2.05) is 24.5 Å². The molecule has 0 aliphatic heterocycles. The SMILES string of the molecule is O=C(CCCn1cccc1)Nc1n[nH]c(C2CCC2)n1. The average Bonchev–Trinajstić information content (AvgIpc) is 2.99. The van der Waals surface area contributed by atoms with E-state index in [0.29, 0.717) is 18.3 Å². The maximum Gasteiger partial charge on any atom is 0.248 e. The van der Waals surface area contributed by atoms with Crippen molar-refractivity contribution in [3.05, 3.63) is 30.4 Å². The van der Waals surface area contributed by atoms with E-state index in [1.165, 1.54) is 19.3 Å². The summed E-state index contributed by atoms with van der Waals surface area (Å²) in [5.74, 6) is 1.77. The summed E-state index contributed by atoms with van der Waals surface area (Å²) in [4.78, 5) is 16.1. The van der Waals surface area contributed by atoms with Gasteiger partial charge >= 0.3 is 0 Å². The molecule has 1 aliphatic rings. The first kappa shape index (κ1) is 12.9. The lowest BCUT2D eigenvalue weighted by atomic mass is 9.85. The van der Waals surface area contributed by atoms with Gasteiger partial charge in [0.1, 0.15) is 5.82 Å². The van der Waals surface area contributed by atoms with E-state index in [1.54, 1.807) is 0 Å². The highest BCUT2D eigenvalue weighted by Crippen LogP contribution is 2.34. The Bertz CT molecular complexity index is 556. The van der Waals surface area contributed by atoms with Crippen molar-refractivity contribution in [3.8, 4) is 0 Å². The maximum atomic E-state index is 11.8. The first-order chi connectivity index (χ1) is 9.81. The molecule has 6 nitrogen and oxygen atoms in total. The summed E-state index contributed by atoms with van der Waals surface area (Å²) in [5, 5.41) is 9.70. The molecule has 0 unspecified atom stereocenters. The number of nitrogens with one attached hydrogen (secondary N) is 2. The van der Waals surface area contributed by atoms with E-state index >= 15 is 0 Å². The van der Waals surface area contributed by atoms with Crippen LogP contribution in [0, 0.1) is 0 Å². The summed E-state index contributed by atoms with van der Waals surface area (Å²) >= 11 is 0. The van der Waals surface area contributed by atoms with E-state index in [2.05, 4.69) is 25.1 Å². The van der Waals surface area contributed by atoms with E-state index in [9.17, 15) is 4.79 Å². The fourth-order valence-electron chi connectivity index (χ4n) is 2.32. The molecule has 0 atom stereocenters. The standard InChI is InChI=1S/C14H19N5O/c20-12(7-4-10-19-8-1-2-9-19)15-14-16-13(17-18-14)11-5-3-6-11/h1-2,8-9,11H,3-7,10H2,(H2,15,16,17,18,20). The molecule has 20 heavy (non-hydrogen) atoms. The third kappa shape index (κ3) is 3.07. The molecule has 2 aromatic rings. The van der Waals surface area contributed by atoms with Crippen LogP contribution >= 0.6 is 0 Å². The second-order valence-electron chi connectivity index (χ2n) is 5.24. The predicted molar refractivity (Wildman–Crippen MR) is 75.3 cm³/mol. The second kappa shape index (κ2) is 5.90. The minimum absolute atomic E-state index is 0.0312. The average molecular weight is 273 g/mol. The largest absolute Gasteiger partial charge is 0.354 e. The van der Waals surface area contributed by atoms with Crippen molar-refractivity contribution in [3.63, 3.8) is 0 Å². The van der Waals surface area contributed by atoms with Crippen molar-refractivity contribution in [1.29, 1.82) is 0 Å². The molecule has 2 heterocycles. The number of hydrogen-bond donors (Lipinski definition) is 2. The highest BCUT2D eigenvalue weighted by molar-refractivity contribution is 5.88. The molecule has 2 aromatic heterocycles. The van der Waals surface area contributed by atoms with Gasteiger partial charge in [-0.2, -0.15) is 4.98 Å². The van der Waals surface area contributed by atoms with Gasteiger partial charge in [0.05, 0.1) is 0 Å². The zero-order valence-corrected chi connectivity index (χ0v) is 11.4. The lowest BCUT2D eigenvalue weighted by molar-refractivity contribution is -0.116. The predicted octanol–water partition coefficient (Wildman–Crippen LogP) is 2.29. The van der Waals surface area contributed by atoms with Gasteiger partial charge in [-0.3, -0.25) is 15.2 Å². The molecular weight excluding hydrogens is 254 g/mol. The Hall–Kier alpha value is -2.11. The Labute approximate surface area is 117 Å². The minimum Gasteiger partial charge on any atom is -0.354 e. The van der Waals surface area contributed by atoms with E-state index < -0.39 is 0 Å². The summed E-state index contributed by atoms with van der Waals surface area (Å²) < 4.78 is 2.06. The molecule has 3 rings (SSSR count). The first-order valence-electron chi connectivity index (χ1n) is 7.14. The number of nitrogens with zero attached hydrogens (tertiary/aromatic N) is 3. The van der Waals surface area contributed by atoms with E-state index in [4.69, 9.17) is 0 Å². The summed E-state index contributed by atoms with van der Waals surface area (Å²) in [6, 6.07) is 3.96. The van der Waals surface area contributed by atoms with Crippen LogP contribution in [0.3, 0.4) is 0 Å². The fraction of sp³-hybridized carbons (Fsp3) is 0.500. The van der Waals surface area contributed by atoms with Gasteiger partial charge in [0.2, 0.25) is 11.9 Å². The summed E-state index contributed by atoms with van der Waals surface area (Å²) in [5.41, 5.74) is 0. The molecule has 0 aromatic carbocycles. The maximum absolute atomic E-state index is 11.8. The van der Waals surface area contributed by atoms with Crippen LogP contribution in [0.1, 0.15) is 43.8 Å². The van der Waals surface area contributed by atoms with Gasteiger partial charge in [0.25, 0.3) is 0 Å². The lowest BCUT2D eigenvalue weighted by Crippen LogP contribution is -2.14. The van der Waals surface area contributed by atoms with Crippen LogP contribution in [0.2, 0.25) is 0 Å². The number of aromatic amines is 1. The Kier molecular flexibility index (Phi) is 3.80. The van der Waals surface area contributed by atoms with Gasteiger partial charge in [-0.15, -0.1) is 5.10 Å². The molecule has 2 N–H and O–H groups in total. The molecule has 0 spiro atoms. The Morgan fingerprint density at radius 3 is 2.90 bits per heavy atom. The van der Waals surface area contributed by atoms with Crippen LogP contribution in [0.5, 0.6) is 0 Å². The normalized spacial score (nSPS) is 15.0. The number of hydrogen-bond acceptors (Lipinski definition) is 3. The van der Waals surface area contributed by atoms with Crippen LogP contribution < -0.4 is 5.32 Å². The molecule has 1 fully saturated rings. The number of aromatic nitrogens is 4. The van der Waals surface area contributed by atoms with Crippen LogP contribution in [0.4, 0.5) is 5.95 Å². The highest BCUT2D eigenvalue weighted by atomic mass is 16.1. The molecule has 6 heteroatoms. The van der Waals surface area contributed by atoms with Crippen molar-refractivity contribution in [2.75, 3.05) is 5.32 Å². The second-order valence-corrected chi connectivity index (χ2v) is 5.24. The van der Waals surface area contributed by atoms with Gasteiger partial charge in [0.15, 0.2) is 0 Å². The van der Waals surface area contributed by atoms with Crippen LogP contribution in [-0.4, -0.2) is 25.7 Å². The molecule has 0 radical (unpaired) electrons. The molecule has 1 aliphatic carbocycles.